The SMILES string of the molecule is COc1ccc(/C=C/C(=O)O)c(CN2CCCC2CO)c1. The largest absolute Gasteiger partial charge is 0.497 e. The molecule has 1 fully saturated rings. The minimum atomic E-state index is -0.967. The fourth-order valence-corrected chi connectivity index (χ4v) is 2.70. The normalized spacial score (nSPS) is 19.2. The van der Waals surface area contributed by atoms with Gasteiger partial charge in [0, 0.05) is 18.7 Å². The first-order valence-electron chi connectivity index (χ1n) is 7.07. The van der Waals surface area contributed by atoms with E-state index in [9.17, 15) is 9.90 Å². The van der Waals surface area contributed by atoms with Gasteiger partial charge in [-0.15, -0.1) is 0 Å². The van der Waals surface area contributed by atoms with Crippen molar-refractivity contribution >= 4 is 12.0 Å². The molecule has 21 heavy (non-hydrogen) atoms. The van der Waals surface area contributed by atoms with Crippen LogP contribution in [0.2, 0.25) is 0 Å². The number of rotatable bonds is 6. The molecule has 5 nitrogen and oxygen atoms in total. The maximum Gasteiger partial charge on any atom is 0.328 e. The Morgan fingerprint density at radius 3 is 3.00 bits per heavy atom. The highest BCUT2D eigenvalue weighted by Gasteiger charge is 2.24. The van der Waals surface area contributed by atoms with Crippen LogP contribution in [0.3, 0.4) is 0 Å². The second kappa shape index (κ2) is 7.24. The average molecular weight is 291 g/mol. The molecule has 0 radical (unpaired) electrons. The van der Waals surface area contributed by atoms with Crippen molar-refractivity contribution in [3.05, 3.63) is 35.4 Å². The smallest absolute Gasteiger partial charge is 0.328 e. The molecule has 1 saturated heterocycles. The number of benzene rings is 1. The first kappa shape index (κ1) is 15.5. The van der Waals surface area contributed by atoms with E-state index in [2.05, 4.69) is 4.90 Å². The lowest BCUT2D eigenvalue weighted by atomic mass is 10.1. The third-order valence-electron chi connectivity index (χ3n) is 3.84. The van der Waals surface area contributed by atoms with Gasteiger partial charge in [0.1, 0.15) is 5.75 Å². The summed E-state index contributed by atoms with van der Waals surface area (Å²) in [6.45, 7) is 1.79. The van der Waals surface area contributed by atoms with E-state index in [-0.39, 0.29) is 12.6 Å². The number of carboxylic acids is 1. The lowest BCUT2D eigenvalue weighted by Gasteiger charge is -2.23. The zero-order valence-corrected chi connectivity index (χ0v) is 12.2. The molecule has 5 heteroatoms. The Labute approximate surface area is 124 Å². The first-order valence-corrected chi connectivity index (χ1v) is 7.07. The summed E-state index contributed by atoms with van der Waals surface area (Å²) >= 11 is 0. The van der Waals surface area contributed by atoms with Gasteiger partial charge < -0.3 is 14.9 Å². The quantitative estimate of drug-likeness (QED) is 0.781. The Bertz CT molecular complexity index is 527. The topological polar surface area (TPSA) is 70.0 Å². The number of aliphatic hydroxyl groups excluding tert-OH is 1. The summed E-state index contributed by atoms with van der Waals surface area (Å²) in [7, 11) is 1.61. The van der Waals surface area contributed by atoms with E-state index in [0.29, 0.717) is 6.54 Å². The van der Waals surface area contributed by atoms with E-state index in [1.54, 1.807) is 13.2 Å². The molecule has 1 aliphatic heterocycles. The second-order valence-corrected chi connectivity index (χ2v) is 5.19. The number of likely N-dealkylation sites (tertiary alicyclic amines) is 1. The zero-order valence-electron chi connectivity index (χ0n) is 12.2. The summed E-state index contributed by atoms with van der Waals surface area (Å²) in [4.78, 5) is 12.9. The predicted octanol–water partition coefficient (Wildman–Crippen LogP) is 1.75. The summed E-state index contributed by atoms with van der Waals surface area (Å²) < 4.78 is 5.24. The second-order valence-electron chi connectivity index (χ2n) is 5.19. The number of ether oxygens (including phenoxy) is 1. The van der Waals surface area contributed by atoms with Gasteiger partial charge >= 0.3 is 5.97 Å². The van der Waals surface area contributed by atoms with Crippen LogP contribution < -0.4 is 4.74 Å². The van der Waals surface area contributed by atoms with E-state index in [0.717, 1.165) is 42.3 Å². The third kappa shape index (κ3) is 4.06. The third-order valence-corrected chi connectivity index (χ3v) is 3.84. The van der Waals surface area contributed by atoms with Gasteiger partial charge in [0.05, 0.1) is 13.7 Å². The van der Waals surface area contributed by atoms with Crippen LogP contribution in [0.15, 0.2) is 24.3 Å². The summed E-state index contributed by atoms with van der Waals surface area (Å²) in [5.41, 5.74) is 1.87. The average Bonchev–Trinajstić information content (AvgIpc) is 2.92. The lowest BCUT2D eigenvalue weighted by molar-refractivity contribution is -0.131. The molecule has 2 rings (SSSR count). The maximum absolute atomic E-state index is 10.7. The fourth-order valence-electron chi connectivity index (χ4n) is 2.70. The van der Waals surface area contributed by atoms with Gasteiger partial charge in [0.2, 0.25) is 0 Å². The number of aliphatic carboxylic acids is 1. The molecule has 114 valence electrons. The molecule has 0 saturated carbocycles. The van der Waals surface area contributed by atoms with Crippen molar-refractivity contribution in [2.24, 2.45) is 0 Å². The van der Waals surface area contributed by atoms with Crippen LogP contribution in [-0.4, -0.2) is 47.4 Å². The van der Waals surface area contributed by atoms with Crippen LogP contribution in [0.5, 0.6) is 5.75 Å². The summed E-state index contributed by atoms with van der Waals surface area (Å²) in [6.07, 6.45) is 4.82. The van der Waals surface area contributed by atoms with Crippen molar-refractivity contribution in [1.82, 2.24) is 4.90 Å². The zero-order chi connectivity index (χ0) is 15.2. The number of hydrogen-bond acceptors (Lipinski definition) is 4. The van der Waals surface area contributed by atoms with E-state index < -0.39 is 5.97 Å². The van der Waals surface area contributed by atoms with Gasteiger partial charge in [0.15, 0.2) is 0 Å². The highest BCUT2D eigenvalue weighted by atomic mass is 16.5. The van der Waals surface area contributed by atoms with Crippen LogP contribution in [-0.2, 0) is 11.3 Å². The molecule has 1 atom stereocenters. The molecular weight excluding hydrogens is 270 g/mol. The van der Waals surface area contributed by atoms with Crippen molar-refractivity contribution in [1.29, 1.82) is 0 Å². The number of aliphatic hydroxyl groups is 1. The van der Waals surface area contributed by atoms with Crippen molar-refractivity contribution in [3.63, 3.8) is 0 Å². The number of carbonyl (C=O) groups is 1. The lowest BCUT2D eigenvalue weighted by Crippen LogP contribution is -2.31. The number of nitrogens with zero attached hydrogens (tertiary/aromatic N) is 1. The summed E-state index contributed by atoms with van der Waals surface area (Å²) in [5.74, 6) is -0.219. The predicted molar refractivity (Wildman–Crippen MR) is 80.2 cm³/mol. The molecule has 1 aromatic rings. The molecule has 1 heterocycles. The van der Waals surface area contributed by atoms with E-state index in [4.69, 9.17) is 9.84 Å². The molecule has 1 unspecified atom stereocenters. The monoisotopic (exact) mass is 291 g/mol. The van der Waals surface area contributed by atoms with Crippen LogP contribution in [0, 0.1) is 0 Å². The van der Waals surface area contributed by atoms with Crippen LogP contribution in [0.25, 0.3) is 6.08 Å². The summed E-state index contributed by atoms with van der Waals surface area (Å²) in [5, 5.41) is 18.2. The highest BCUT2D eigenvalue weighted by molar-refractivity contribution is 5.85. The fraction of sp³-hybridized carbons (Fsp3) is 0.438. The van der Waals surface area contributed by atoms with Gasteiger partial charge in [0.25, 0.3) is 0 Å². The van der Waals surface area contributed by atoms with Gasteiger partial charge in [-0.2, -0.15) is 0 Å². The van der Waals surface area contributed by atoms with Crippen molar-refractivity contribution in [3.8, 4) is 5.75 Å². The minimum Gasteiger partial charge on any atom is -0.497 e. The van der Waals surface area contributed by atoms with Crippen molar-refractivity contribution in [2.75, 3.05) is 20.3 Å². The van der Waals surface area contributed by atoms with Gasteiger partial charge in [-0.1, -0.05) is 6.07 Å². The molecule has 1 aromatic carbocycles. The standard InChI is InChI=1S/C16H21NO4/c1-21-15-6-4-12(5-7-16(19)20)13(9-15)10-17-8-2-3-14(17)11-18/h4-7,9,14,18H,2-3,8,10-11H2,1H3,(H,19,20)/b7-5+. The first-order chi connectivity index (χ1) is 10.1. The van der Waals surface area contributed by atoms with E-state index in [1.165, 1.54) is 0 Å². The Kier molecular flexibility index (Phi) is 5.36. The minimum absolute atomic E-state index is 0.157. The molecule has 0 spiro atoms. The Balaban J connectivity index is 2.24. The van der Waals surface area contributed by atoms with Crippen molar-refractivity contribution in [2.45, 2.75) is 25.4 Å². The number of carboxylic acid groups (broad SMARTS) is 1. The molecular formula is C16H21NO4. The van der Waals surface area contributed by atoms with Crippen molar-refractivity contribution < 1.29 is 19.7 Å². The molecule has 0 amide bonds. The molecule has 0 aliphatic carbocycles. The van der Waals surface area contributed by atoms with Crippen LogP contribution in [0.4, 0.5) is 0 Å². The number of hydrogen-bond donors (Lipinski definition) is 2. The Morgan fingerprint density at radius 2 is 2.33 bits per heavy atom. The Hall–Kier alpha value is -1.85. The van der Waals surface area contributed by atoms with Crippen LogP contribution >= 0.6 is 0 Å². The highest BCUT2D eigenvalue weighted by Crippen LogP contribution is 2.25. The maximum atomic E-state index is 10.7. The van der Waals surface area contributed by atoms with E-state index >= 15 is 0 Å². The van der Waals surface area contributed by atoms with Gasteiger partial charge in [-0.3, -0.25) is 4.90 Å². The Morgan fingerprint density at radius 1 is 1.52 bits per heavy atom. The van der Waals surface area contributed by atoms with Gasteiger partial charge in [-0.05, 0) is 48.7 Å². The molecule has 0 bridgehead atoms. The van der Waals surface area contributed by atoms with Crippen LogP contribution in [0.1, 0.15) is 24.0 Å². The molecule has 1 aliphatic rings. The van der Waals surface area contributed by atoms with Gasteiger partial charge in [-0.25, -0.2) is 4.79 Å². The number of methoxy groups -OCH3 is 1. The summed E-state index contributed by atoms with van der Waals surface area (Å²) in [6, 6.07) is 5.79. The molecule has 0 aromatic heterocycles. The van der Waals surface area contributed by atoms with E-state index in [1.807, 2.05) is 18.2 Å². The molecule has 2 N–H and O–H groups in total.